The van der Waals surface area contributed by atoms with Gasteiger partial charge in [0, 0.05) is 24.7 Å². The summed E-state index contributed by atoms with van der Waals surface area (Å²) in [6, 6.07) is 0.738. The minimum absolute atomic E-state index is 0.215. The van der Waals surface area contributed by atoms with Crippen LogP contribution in [-0.4, -0.2) is 49.3 Å². The van der Waals surface area contributed by atoms with Crippen molar-refractivity contribution in [3.05, 3.63) is 0 Å². The fourth-order valence-corrected chi connectivity index (χ4v) is 3.47. The van der Waals surface area contributed by atoms with E-state index in [1.165, 1.54) is 32.2 Å². The number of rotatable bonds is 4. The second-order valence-electron chi connectivity index (χ2n) is 6.52. The van der Waals surface area contributed by atoms with Crippen LogP contribution in [0.25, 0.3) is 0 Å². The van der Waals surface area contributed by atoms with Crippen LogP contribution >= 0.6 is 0 Å². The van der Waals surface area contributed by atoms with Crippen LogP contribution in [0.3, 0.4) is 0 Å². The molecule has 3 nitrogen and oxygen atoms in total. The minimum Gasteiger partial charge on any atom is -0.378 e. The molecule has 1 heterocycles. The van der Waals surface area contributed by atoms with Gasteiger partial charge in [0.2, 0.25) is 0 Å². The first-order valence-electron chi connectivity index (χ1n) is 7.69. The van der Waals surface area contributed by atoms with Gasteiger partial charge in [0.15, 0.2) is 0 Å². The number of nitrogens with zero attached hydrogens (tertiary/aromatic N) is 1. The normalized spacial score (nSPS) is 33.5. The number of nitrogens with one attached hydrogen (secondary N) is 1. The maximum Gasteiger partial charge on any atom is 0.0645 e. The van der Waals surface area contributed by atoms with E-state index in [1.807, 2.05) is 0 Å². The molecule has 0 aromatic rings. The molecule has 2 atom stereocenters. The highest BCUT2D eigenvalue weighted by Crippen LogP contribution is 2.28. The van der Waals surface area contributed by atoms with Crippen LogP contribution in [0.15, 0.2) is 0 Å². The topological polar surface area (TPSA) is 24.5 Å². The molecule has 0 spiro atoms. The van der Waals surface area contributed by atoms with E-state index in [0.29, 0.717) is 0 Å². The fourth-order valence-electron chi connectivity index (χ4n) is 3.47. The van der Waals surface area contributed by atoms with E-state index < -0.39 is 0 Å². The second kappa shape index (κ2) is 6.36. The van der Waals surface area contributed by atoms with E-state index in [0.717, 1.165) is 38.3 Å². The predicted octanol–water partition coefficient (Wildman–Crippen LogP) is 2.27. The van der Waals surface area contributed by atoms with Gasteiger partial charge in [0.25, 0.3) is 0 Å². The van der Waals surface area contributed by atoms with Crippen LogP contribution in [0, 0.1) is 5.92 Å². The Hall–Kier alpha value is -0.120. The summed E-state index contributed by atoms with van der Waals surface area (Å²) in [6.07, 6.45) is 5.58. The SMILES string of the molecule is CCNC1CCCCC1CN1CCOCC1(C)C. The summed E-state index contributed by atoms with van der Waals surface area (Å²) in [4.78, 5) is 2.65. The first-order valence-corrected chi connectivity index (χ1v) is 7.69. The molecule has 1 N–H and O–H groups in total. The Bertz CT molecular complexity index is 253. The van der Waals surface area contributed by atoms with Gasteiger partial charge in [-0.25, -0.2) is 0 Å². The summed E-state index contributed by atoms with van der Waals surface area (Å²) in [5, 5.41) is 3.69. The van der Waals surface area contributed by atoms with Crippen molar-refractivity contribution < 1.29 is 4.74 Å². The van der Waals surface area contributed by atoms with Crippen molar-refractivity contribution in [3.8, 4) is 0 Å². The zero-order valence-corrected chi connectivity index (χ0v) is 12.4. The van der Waals surface area contributed by atoms with Gasteiger partial charge in [-0.2, -0.15) is 0 Å². The van der Waals surface area contributed by atoms with E-state index in [9.17, 15) is 0 Å². The number of hydrogen-bond acceptors (Lipinski definition) is 3. The Morgan fingerprint density at radius 1 is 1.28 bits per heavy atom. The van der Waals surface area contributed by atoms with Crippen molar-refractivity contribution in [3.63, 3.8) is 0 Å². The Morgan fingerprint density at radius 3 is 2.78 bits per heavy atom. The molecule has 3 heteroatoms. The van der Waals surface area contributed by atoms with E-state index in [1.54, 1.807) is 0 Å². The molecule has 2 rings (SSSR count). The molecule has 0 radical (unpaired) electrons. The molecule has 1 aliphatic heterocycles. The minimum atomic E-state index is 0.215. The summed E-state index contributed by atoms with van der Waals surface area (Å²) in [6.45, 7) is 12.1. The molecule has 2 aliphatic rings. The van der Waals surface area contributed by atoms with E-state index in [4.69, 9.17) is 4.74 Å². The maximum atomic E-state index is 5.62. The summed E-state index contributed by atoms with van der Waals surface area (Å²) < 4.78 is 5.62. The van der Waals surface area contributed by atoms with Crippen molar-refractivity contribution in [2.45, 2.75) is 58.0 Å². The highest BCUT2D eigenvalue weighted by Gasteiger charge is 2.34. The van der Waals surface area contributed by atoms with Gasteiger partial charge in [-0.15, -0.1) is 0 Å². The average Bonchev–Trinajstić information content (AvgIpc) is 2.34. The van der Waals surface area contributed by atoms with Crippen molar-refractivity contribution >= 4 is 0 Å². The van der Waals surface area contributed by atoms with Gasteiger partial charge < -0.3 is 10.1 Å². The fraction of sp³-hybridized carbons (Fsp3) is 1.00. The Morgan fingerprint density at radius 2 is 2.06 bits per heavy atom. The Balaban J connectivity index is 1.93. The molecule has 1 saturated heterocycles. The number of hydrogen-bond donors (Lipinski definition) is 1. The largest absolute Gasteiger partial charge is 0.378 e. The van der Waals surface area contributed by atoms with Crippen LogP contribution < -0.4 is 5.32 Å². The van der Waals surface area contributed by atoms with Crippen molar-refractivity contribution in [2.24, 2.45) is 5.92 Å². The molecule has 1 saturated carbocycles. The van der Waals surface area contributed by atoms with Crippen LogP contribution in [0.5, 0.6) is 0 Å². The summed E-state index contributed by atoms with van der Waals surface area (Å²) in [5.41, 5.74) is 0.215. The Kier molecular flexibility index (Phi) is 5.05. The van der Waals surface area contributed by atoms with Crippen molar-refractivity contribution in [1.29, 1.82) is 0 Å². The van der Waals surface area contributed by atoms with Crippen molar-refractivity contribution in [1.82, 2.24) is 10.2 Å². The van der Waals surface area contributed by atoms with Gasteiger partial charge in [0.05, 0.1) is 13.2 Å². The van der Waals surface area contributed by atoms with Crippen LogP contribution in [0.2, 0.25) is 0 Å². The molecule has 0 amide bonds. The van der Waals surface area contributed by atoms with Gasteiger partial charge >= 0.3 is 0 Å². The molecule has 18 heavy (non-hydrogen) atoms. The number of ether oxygens (including phenoxy) is 1. The van der Waals surface area contributed by atoms with E-state index in [2.05, 4.69) is 31.0 Å². The highest BCUT2D eigenvalue weighted by atomic mass is 16.5. The molecule has 106 valence electrons. The lowest BCUT2D eigenvalue weighted by molar-refractivity contribution is -0.0610. The standard InChI is InChI=1S/C15H30N2O/c1-4-16-14-8-6-5-7-13(14)11-17-9-10-18-12-15(17,2)3/h13-14,16H,4-12H2,1-3H3. The third-order valence-corrected chi connectivity index (χ3v) is 4.65. The zero-order valence-electron chi connectivity index (χ0n) is 12.4. The monoisotopic (exact) mass is 254 g/mol. The Labute approximate surface area is 112 Å². The van der Waals surface area contributed by atoms with Gasteiger partial charge in [-0.1, -0.05) is 19.8 Å². The molecule has 2 fully saturated rings. The van der Waals surface area contributed by atoms with Gasteiger partial charge in [-0.3, -0.25) is 4.90 Å². The van der Waals surface area contributed by atoms with Crippen LogP contribution in [0.4, 0.5) is 0 Å². The van der Waals surface area contributed by atoms with Crippen molar-refractivity contribution in [2.75, 3.05) is 32.8 Å². The average molecular weight is 254 g/mol. The highest BCUT2D eigenvalue weighted by molar-refractivity contribution is 4.89. The van der Waals surface area contributed by atoms with Gasteiger partial charge in [-0.05, 0) is 39.2 Å². The predicted molar refractivity (Wildman–Crippen MR) is 75.9 cm³/mol. The van der Waals surface area contributed by atoms with Crippen LogP contribution in [0.1, 0.15) is 46.5 Å². The zero-order chi connectivity index (χ0) is 13.0. The summed E-state index contributed by atoms with van der Waals surface area (Å²) >= 11 is 0. The molecule has 2 unspecified atom stereocenters. The van der Waals surface area contributed by atoms with Gasteiger partial charge in [0.1, 0.15) is 0 Å². The first kappa shape index (κ1) is 14.3. The first-order chi connectivity index (χ1) is 8.63. The molecule has 1 aliphatic carbocycles. The smallest absolute Gasteiger partial charge is 0.0645 e. The van der Waals surface area contributed by atoms with E-state index >= 15 is 0 Å². The lowest BCUT2D eigenvalue weighted by Gasteiger charge is -2.45. The molecular weight excluding hydrogens is 224 g/mol. The third kappa shape index (κ3) is 3.46. The third-order valence-electron chi connectivity index (χ3n) is 4.65. The quantitative estimate of drug-likeness (QED) is 0.833. The lowest BCUT2D eigenvalue weighted by Crippen LogP contribution is -2.56. The maximum absolute atomic E-state index is 5.62. The van der Waals surface area contributed by atoms with E-state index in [-0.39, 0.29) is 5.54 Å². The van der Waals surface area contributed by atoms with Crippen LogP contribution in [-0.2, 0) is 4.74 Å². The molecule has 0 bridgehead atoms. The molecule has 0 aromatic carbocycles. The summed E-state index contributed by atoms with van der Waals surface area (Å²) in [5.74, 6) is 0.830. The molecular formula is C15H30N2O. The number of morpholine rings is 1. The summed E-state index contributed by atoms with van der Waals surface area (Å²) in [7, 11) is 0. The molecule has 0 aromatic heterocycles. The lowest BCUT2D eigenvalue weighted by atomic mass is 9.83. The second-order valence-corrected chi connectivity index (χ2v) is 6.52.